The summed E-state index contributed by atoms with van der Waals surface area (Å²) in [6.45, 7) is 2.24. The van der Waals surface area contributed by atoms with Crippen LogP contribution in [0.2, 0.25) is 0 Å². The van der Waals surface area contributed by atoms with Crippen molar-refractivity contribution in [3.05, 3.63) is 21.8 Å². The van der Waals surface area contributed by atoms with Gasteiger partial charge in [0.2, 0.25) is 11.7 Å². The summed E-state index contributed by atoms with van der Waals surface area (Å²) in [5.74, 6) is 2.02. The molecule has 0 radical (unpaired) electrons. The smallest absolute Gasteiger partial charge is 0.247 e. The van der Waals surface area contributed by atoms with Crippen LogP contribution in [0, 0.1) is 5.92 Å². The summed E-state index contributed by atoms with van der Waals surface area (Å²) in [6, 6.07) is 2.00. The van der Waals surface area contributed by atoms with E-state index in [9.17, 15) is 0 Å². The van der Waals surface area contributed by atoms with Gasteiger partial charge in [0.05, 0.1) is 10.4 Å². The molecule has 4 nitrogen and oxygen atoms in total. The number of thiophene rings is 1. The minimum atomic E-state index is -0.439. The Morgan fingerprint density at radius 2 is 2.25 bits per heavy atom. The van der Waals surface area contributed by atoms with Gasteiger partial charge in [0.15, 0.2) is 0 Å². The number of nitrogens with zero attached hydrogens (tertiary/aromatic N) is 2. The van der Waals surface area contributed by atoms with Gasteiger partial charge in [0.1, 0.15) is 0 Å². The summed E-state index contributed by atoms with van der Waals surface area (Å²) in [5, 5.41) is 6.09. The second-order valence-electron chi connectivity index (χ2n) is 5.56. The van der Waals surface area contributed by atoms with Crippen molar-refractivity contribution in [1.82, 2.24) is 10.1 Å². The zero-order chi connectivity index (χ0) is 14.2. The molecule has 1 fully saturated rings. The summed E-state index contributed by atoms with van der Waals surface area (Å²) in [5.41, 5.74) is 6.05. The van der Waals surface area contributed by atoms with E-state index in [1.165, 1.54) is 6.42 Å². The van der Waals surface area contributed by atoms with Gasteiger partial charge < -0.3 is 10.3 Å². The minimum Gasteiger partial charge on any atom is -0.337 e. The Balaban J connectivity index is 1.80. The maximum atomic E-state index is 6.49. The zero-order valence-corrected chi connectivity index (χ0v) is 13.8. The van der Waals surface area contributed by atoms with Gasteiger partial charge in [-0.25, -0.2) is 0 Å². The topological polar surface area (TPSA) is 64.9 Å². The van der Waals surface area contributed by atoms with Crippen LogP contribution in [0.3, 0.4) is 0 Å². The molecule has 2 aromatic rings. The lowest BCUT2D eigenvalue weighted by Crippen LogP contribution is -2.40. The normalized spacial score (nSPS) is 26.9. The van der Waals surface area contributed by atoms with Crippen LogP contribution < -0.4 is 5.73 Å². The molecule has 1 saturated carbocycles. The number of halogens is 1. The largest absolute Gasteiger partial charge is 0.337 e. The first kappa shape index (κ1) is 14.2. The molecule has 1 aliphatic rings. The van der Waals surface area contributed by atoms with Crippen molar-refractivity contribution in [2.75, 3.05) is 0 Å². The van der Waals surface area contributed by atoms with Crippen LogP contribution in [-0.2, 0) is 5.54 Å². The van der Waals surface area contributed by atoms with Gasteiger partial charge >= 0.3 is 0 Å². The van der Waals surface area contributed by atoms with Gasteiger partial charge in [0.25, 0.3) is 0 Å². The summed E-state index contributed by atoms with van der Waals surface area (Å²) in [6.07, 6.45) is 5.39. The quantitative estimate of drug-likeness (QED) is 0.890. The molecule has 2 N–H and O–H groups in total. The van der Waals surface area contributed by atoms with Gasteiger partial charge in [-0.1, -0.05) is 18.5 Å². The van der Waals surface area contributed by atoms with Crippen molar-refractivity contribution in [1.29, 1.82) is 0 Å². The predicted octanol–water partition coefficient (Wildman–Crippen LogP) is 4.31. The van der Waals surface area contributed by atoms with E-state index in [1.807, 2.05) is 11.4 Å². The minimum absolute atomic E-state index is 0.439. The maximum absolute atomic E-state index is 6.49. The van der Waals surface area contributed by atoms with E-state index in [2.05, 4.69) is 33.0 Å². The molecule has 2 heterocycles. The van der Waals surface area contributed by atoms with Crippen LogP contribution in [0.15, 0.2) is 20.4 Å². The molecule has 20 heavy (non-hydrogen) atoms. The molecule has 0 aliphatic heterocycles. The number of aromatic nitrogens is 2. The number of hydrogen-bond donors (Lipinski definition) is 1. The highest BCUT2D eigenvalue weighted by molar-refractivity contribution is 9.10. The Labute approximate surface area is 130 Å². The fourth-order valence-electron chi connectivity index (χ4n) is 2.77. The average molecular weight is 356 g/mol. The third kappa shape index (κ3) is 2.69. The average Bonchev–Trinajstić information content (AvgIpc) is 3.08. The van der Waals surface area contributed by atoms with E-state index in [4.69, 9.17) is 10.3 Å². The lowest BCUT2D eigenvalue weighted by Gasteiger charge is -2.33. The van der Waals surface area contributed by atoms with Crippen LogP contribution in [-0.4, -0.2) is 10.1 Å². The second kappa shape index (κ2) is 5.58. The van der Waals surface area contributed by atoms with Crippen LogP contribution in [0.1, 0.15) is 44.9 Å². The lowest BCUT2D eigenvalue weighted by molar-refractivity contribution is 0.181. The fraction of sp³-hybridized carbons (Fsp3) is 0.571. The molecule has 0 aromatic carbocycles. The molecular weight excluding hydrogens is 338 g/mol. The van der Waals surface area contributed by atoms with Gasteiger partial charge in [-0.15, -0.1) is 11.3 Å². The van der Waals surface area contributed by atoms with Crippen molar-refractivity contribution < 1.29 is 4.52 Å². The molecule has 1 aliphatic carbocycles. The van der Waals surface area contributed by atoms with Crippen LogP contribution in [0.5, 0.6) is 0 Å². The van der Waals surface area contributed by atoms with E-state index in [0.717, 1.165) is 41.0 Å². The van der Waals surface area contributed by atoms with Crippen LogP contribution in [0.4, 0.5) is 0 Å². The summed E-state index contributed by atoms with van der Waals surface area (Å²) in [4.78, 5) is 5.52. The van der Waals surface area contributed by atoms with Crippen molar-refractivity contribution in [2.24, 2.45) is 11.7 Å². The molecule has 0 amide bonds. The standard InChI is InChI=1S/C14H18BrN3OS/c1-2-9-3-5-14(16,6-4-9)13-17-12(18-19-13)11-7-10(15)8-20-11/h7-9H,2-6,16H2,1H3. The van der Waals surface area contributed by atoms with E-state index >= 15 is 0 Å². The molecule has 0 saturated heterocycles. The molecule has 0 unspecified atom stereocenters. The van der Waals surface area contributed by atoms with E-state index in [-0.39, 0.29) is 0 Å². The van der Waals surface area contributed by atoms with Crippen LogP contribution >= 0.6 is 27.3 Å². The Kier molecular flexibility index (Phi) is 3.97. The third-order valence-electron chi connectivity index (χ3n) is 4.21. The molecule has 6 heteroatoms. The molecule has 0 atom stereocenters. The highest BCUT2D eigenvalue weighted by atomic mass is 79.9. The van der Waals surface area contributed by atoms with Crippen molar-refractivity contribution in [2.45, 2.75) is 44.6 Å². The van der Waals surface area contributed by atoms with Crippen LogP contribution in [0.25, 0.3) is 10.7 Å². The van der Waals surface area contributed by atoms with Crippen molar-refractivity contribution in [3.8, 4) is 10.7 Å². The van der Waals surface area contributed by atoms with Gasteiger partial charge in [-0.05, 0) is 53.6 Å². The van der Waals surface area contributed by atoms with E-state index < -0.39 is 5.54 Å². The molecule has 3 rings (SSSR count). The van der Waals surface area contributed by atoms with Gasteiger partial charge in [-0.3, -0.25) is 0 Å². The van der Waals surface area contributed by atoms with E-state index in [1.54, 1.807) is 11.3 Å². The predicted molar refractivity (Wildman–Crippen MR) is 83.4 cm³/mol. The van der Waals surface area contributed by atoms with Gasteiger partial charge in [-0.2, -0.15) is 4.98 Å². The van der Waals surface area contributed by atoms with Crippen molar-refractivity contribution in [3.63, 3.8) is 0 Å². The maximum Gasteiger partial charge on any atom is 0.247 e. The molecule has 0 spiro atoms. The lowest BCUT2D eigenvalue weighted by atomic mass is 9.76. The molecule has 0 bridgehead atoms. The Bertz CT molecular complexity index is 587. The first-order valence-corrected chi connectivity index (χ1v) is 8.65. The highest BCUT2D eigenvalue weighted by Gasteiger charge is 2.37. The van der Waals surface area contributed by atoms with Gasteiger partial charge in [0, 0.05) is 9.85 Å². The Morgan fingerprint density at radius 3 is 2.85 bits per heavy atom. The molecular formula is C14H18BrN3OS. The fourth-order valence-corrected chi connectivity index (χ4v) is 4.12. The molecule has 108 valence electrons. The van der Waals surface area contributed by atoms with Crippen molar-refractivity contribution >= 4 is 27.3 Å². The third-order valence-corrected chi connectivity index (χ3v) is 5.90. The Hall–Kier alpha value is -0.720. The van der Waals surface area contributed by atoms with E-state index in [0.29, 0.717) is 11.7 Å². The molecule has 2 aromatic heterocycles. The SMILES string of the molecule is CCC1CCC(N)(c2nc(-c3cc(Br)cs3)no2)CC1. The number of rotatable bonds is 3. The second-order valence-corrected chi connectivity index (χ2v) is 7.39. The first-order chi connectivity index (χ1) is 9.60. The number of nitrogens with two attached hydrogens (primary N) is 1. The summed E-state index contributed by atoms with van der Waals surface area (Å²) < 4.78 is 6.48. The summed E-state index contributed by atoms with van der Waals surface area (Å²) >= 11 is 5.03. The Morgan fingerprint density at radius 1 is 1.50 bits per heavy atom. The number of hydrogen-bond acceptors (Lipinski definition) is 5. The first-order valence-electron chi connectivity index (χ1n) is 6.98. The highest BCUT2D eigenvalue weighted by Crippen LogP contribution is 2.38. The monoisotopic (exact) mass is 355 g/mol. The summed E-state index contributed by atoms with van der Waals surface area (Å²) in [7, 11) is 0. The zero-order valence-electron chi connectivity index (χ0n) is 11.4.